The molecule has 0 atom stereocenters. The third-order valence-electron chi connectivity index (χ3n) is 2.42. The molecule has 0 radical (unpaired) electrons. The third-order valence-corrected chi connectivity index (χ3v) is 2.66. The summed E-state index contributed by atoms with van der Waals surface area (Å²) in [6.07, 6.45) is 0.865. The smallest absolute Gasteiger partial charge is 0.238 e. The van der Waals surface area contributed by atoms with E-state index >= 15 is 0 Å². The second-order valence-electron chi connectivity index (χ2n) is 3.92. The van der Waals surface area contributed by atoms with Gasteiger partial charge < -0.3 is 20.1 Å². The lowest BCUT2D eigenvalue weighted by molar-refractivity contribution is -0.115. The summed E-state index contributed by atoms with van der Waals surface area (Å²) in [6, 6.07) is 5.08. The molecule has 0 aromatic heterocycles. The molecule has 2 N–H and O–H groups in total. The molecule has 0 aliphatic heterocycles. The van der Waals surface area contributed by atoms with Crippen molar-refractivity contribution in [1.82, 2.24) is 5.32 Å². The Balaban J connectivity index is 2.41. The molecule has 0 unspecified atom stereocenters. The van der Waals surface area contributed by atoms with E-state index in [1.54, 1.807) is 32.4 Å². The molecular formula is C13H19ClN2O3. The minimum absolute atomic E-state index is 0.141. The van der Waals surface area contributed by atoms with Crippen LogP contribution in [0.15, 0.2) is 18.2 Å². The van der Waals surface area contributed by atoms with Crippen LogP contribution in [0.2, 0.25) is 5.02 Å². The maximum atomic E-state index is 11.7. The number of methoxy groups -OCH3 is 2. The molecule has 1 rings (SSSR count). The lowest BCUT2D eigenvalue weighted by Crippen LogP contribution is -2.29. The van der Waals surface area contributed by atoms with E-state index in [9.17, 15) is 4.79 Å². The normalized spacial score (nSPS) is 10.3. The fraction of sp³-hybridized carbons (Fsp3) is 0.462. The van der Waals surface area contributed by atoms with Gasteiger partial charge in [0.1, 0.15) is 5.75 Å². The standard InChI is InChI=1S/C13H19ClN2O3/c1-18-7-3-6-15-9-13(17)16-11-8-10(14)4-5-12(11)19-2/h4-5,8,15H,3,6-7,9H2,1-2H3,(H,16,17). The second-order valence-corrected chi connectivity index (χ2v) is 4.35. The van der Waals surface area contributed by atoms with Gasteiger partial charge >= 0.3 is 0 Å². The van der Waals surface area contributed by atoms with Crippen LogP contribution >= 0.6 is 11.6 Å². The molecule has 6 heteroatoms. The van der Waals surface area contributed by atoms with Crippen LogP contribution in [0.1, 0.15) is 6.42 Å². The Bertz CT molecular complexity index is 413. The minimum Gasteiger partial charge on any atom is -0.495 e. The Morgan fingerprint density at radius 3 is 2.84 bits per heavy atom. The van der Waals surface area contributed by atoms with Crippen molar-refractivity contribution in [2.24, 2.45) is 0 Å². The summed E-state index contributed by atoms with van der Waals surface area (Å²) in [4.78, 5) is 11.7. The van der Waals surface area contributed by atoms with Crippen LogP contribution < -0.4 is 15.4 Å². The fourth-order valence-electron chi connectivity index (χ4n) is 1.52. The fourth-order valence-corrected chi connectivity index (χ4v) is 1.69. The summed E-state index contributed by atoms with van der Waals surface area (Å²) in [5.41, 5.74) is 0.568. The zero-order chi connectivity index (χ0) is 14.1. The third kappa shape index (κ3) is 5.92. The molecule has 0 saturated carbocycles. The maximum absolute atomic E-state index is 11.7. The monoisotopic (exact) mass is 286 g/mol. The highest BCUT2D eigenvalue weighted by atomic mass is 35.5. The number of ether oxygens (including phenoxy) is 2. The van der Waals surface area contributed by atoms with Crippen LogP contribution in [0.25, 0.3) is 0 Å². The molecule has 0 fully saturated rings. The summed E-state index contributed by atoms with van der Waals surface area (Å²) in [7, 11) is 3.19. The van der Waals surface area contributed by atoms with Crippen LogP contribution in [0, 0.1) is 0 Å². The number of halogens is 1. The first-order chi connectivity index (χ1) is 9.17. The number of benzene rings is 1. The van der Waals surface area contributed by atoms with Gasteiger partial charge in [0, 0.05) is 18.7 Å². The number of carbonyl (C=O) groups excluding carboxylic acids is 1. The molecule has 0 saturated heterocycles. The number of anilines is 1. The van der Waals surface area contributed by atoms with Gasteiger partial charge in [-0.25, -0.2) is 0 Å². The van der Waals surface area contributed by atoms with Crippen molar-refractivity contribution in [3.8, 4) is 5.75 Å². The quantitative estimate of drug-likeness (QED) is 0.717. The Morgan fingerprint density at radius 1 is 1.37 bits per heavy atom. The van der Waals surface area contributed by atoms with Gasteiger partial charge in [-0.3, -0.25) is 4.79 Å². The van der Waals surface area contributed by atoms with Gasteiger partial charge in [-0.15, -0.1) is 0 Å². The van der Waals surface area contributed by atoms with Crippen LogP contribution in [0.4, 0.5) is 5.69 Å². The molecule has 1 aromatic carbocycles. The van der Waals surface area contributed by atoms with Gasteiger partial charge in [-0.05, 0) is 31.2 Å². The zero-order valence-corrected chi connectivity index (χ0v) is 11.9. The SMILES string of the molecule is COCCCNCC(=O)Nc1cc(Cl)ccc1OC. The summed E-state index contributed by atoms with van der Waals surface area (Å²) in [5, 5.41) is 6.32. The predicted octanol–water partition coefficient (Wildman–Crippen LogP) is 1.91. The highest BCUT2D eigenvalue weighted by molar-refractivity contribution is 6.31. The first-order valence-corrected chi connectivity index (χ1v) is 6.38. The summed E-state index contributed by atoms with van der Waals surface area (Å²) in [6.45, 7) is 1.64. The molecule has 1 aromatic rings. The van der Waals surface area contributed by atoms with Crippen LogP contribution in [-0.2, 0) is 9.53 Å². The van der Waals surface area contributed by atoms with E-state index in [1.807, 2.05) is 0 Å². The molecule has 0 aliphatic rings. The molecule has 0 heterocycles. The average Bonchev–Trinajstić information content (AvgIpc) is 2.39. The van der Waals surface area contributed by atoms with Crippen LogP contribution in [0.3, 0.4) is 0 Å². The van der Waals surface area contributed by atoms with E-state index in [0.717, 1.165) is 13.0 Å². The van der Waals surface area contributed by atoms with E-state index in [-0.39, 0.29) is 12.5 Å². The van der Waals surface area contributed by atoms with E-state index in [1.165, 1.54) is 0 Å². The average molecular weight is 287 g/mol. The lowest BCUT2D eigenvalue weighted by atomic mass is 10.3. The predicted molar refractivity (Wildman–Crippen MR) is 76.0 cm³/mol. The molecule has 19 heavy (non-hydrogen) atoms. The molecule has 106 valence electrons. The molecule has 0 spiro atoms. The molecule has 0 aliphatic carbocycles. The van der Waals surface area contributed by atoms with Crippen LogP contribution in [0.5, 0.6) is 5.75 Å². The van der Waals surface area contributed by atoms with Gasteiger partial charge in [0.05, 0.1) is 19.3 Å². The summed E-state index contributed by atoms with van der Waals surface area (Å²) < 4.78 is 10.1. The lowest BCUT2D eigenvalue weighted by Gasteiger charge is -2.11. The Morgan fingerprint density at radius 2 is 2.16 bits per heavy atom. The number of amides is 1. The Labute approximate surface area is 118 Å². The van der Waals surface area contributed by atoms with Crippen molar-refractivity contribution in [3.63, 3.8) is 0 Å². The Hall–Kier alpha value is -1.30. The molecule has 0 bridgehead atoms. The first kappa shape index (κ1) is 15.8. The van der Waals surface area contributed by atoms with Gasteiger partial charge in [0.2, 0.25) is 5.91 Å². The topological polar surface area (TPSA) is 59.6 Å². The largest absolute Gasteiger partial charge is 0.495 e. The van der Waals surface area contributed by atoms with Crippen LogP contribution in [-0.4, -0.2) is 39.8 Å². The van der Waals surface area contributed by atoms with Crippen molar-refractivity contribution in [2.45, 2.75) is 6.42 Å². The maximum Gasteiger partial charge on any atom is 0.238 e. The van der Waals surface area contributed by atoms with Gasteiger partial charge in [-0.2, -0.15) is 0 Å². The minimum atomic E-state index is -0.141. The number of carbonyl (C=O) groups is 1. The van der Waals surface area contributed by atoms with Gasteiger partial charge in [0.15, 0.2) is 0 Å². The number of hydrogen-bond donors (Lipinski definition) is 2. The second kappa shape index (κ2) is 8.74. The molecular weight excluding hydrogens is 268 g/mol. The zero-order valence-electron chi connectivity index (χ0n) is 11.2. The van der Waals surface area contributed by atoms with Gasteiger partial charge in [0.25, 0.3) is 0 Å². The highest BCUT2D eigenvalue weighted by Crippen LogP contribution is 2.27. The van der Waals surface area contributed by atoms with E-state index in [4.69, 9.17) is 21.1 Å². The number of hydrogen-bond acceptors (Lipinski definition) is 4. The summed E-state index contributed by atoms with van der Waals surface area (Å²) in [5.74, 6) is 0.440. The number of nitrogens with one attached hydrogen (secondary N) is 2. The summed E-state index contributed by atoms with van der Waals surface area (Å²) >= 11 is 5.88. The molecule has 5 nitrogen and oxygen atoms in total. The van der Waals surface area contributed by atoms with Crippen molar-refractivity contribution in [1.29, 1.82) is 0 Å². The Kier molecular flexibility index (Phi) is 7.25. The number of rotatable bonds is 8. The van der Waals surface area contributed by atoms with Crippen molar-refractivity contribution >= 4 is 23.2 Å². The van der Waals surface area contributed by atoms with Gasteiger partial charge in [-0.1, -0.05) is 11.6 Å². The van der Waals surface area contributed by atoms with E-state index in [2.05, 4.69) is 10.6 Å². The molecule has 1 amide bonds. The van der Waals surface area contributed by atoms with Crippen molar-refractivity contribution in [3.05, 3.63) is 23.2 Å². The van der Waals surface area contributed by atoms with E-state index in [0.29, 0.717) is 23.1 Å². The highest BCUT2D eigenvalue weighted by Gasteiger charge is 2.07. The van der Waals surface area contributed by atoms with E-state index < -0.39 is 0 Å². The van der Waals surface area contributed by atoms with Crippen molar-refractivity contribution < 1.29 is 14.3 Å². The first-order valence-electron chi connectivity index (χ1n) is 6.00. The van der Waals surface area contributed by atoms with Crippen molar-refractivity contribution in [2.75, 3.05) is 39.2 Å².